The Morgan fingerprint density at radius 2 is 1.82 bits per heavy atom. The number of hydrogen-bond donors (Lipinski definition) is 1. The average molecular weight is 307 g/mol. The fraction of sp³-hybridized carbons (Fsp3) is 0.500. The molecule has 0 saturated carbocycles. The maximum atomic E-state index is 12.8. The summed E-state index contributed by atoms with van der Waals surface area (Å²) in [6.45, 7) is 2.39. The summed E-state index contributed by atoms with van der Waals surface area (Å²) in [6.07, 6.45) is 1.22. The molecule has 22 heavy (non-hydrogen) atoms. The molecule has 0 radical (unpaired) electrons. The predicted octanol–water partition coefficient (Wildman–Crippen LogP) is 2.03. The molecule has 0 bridgehead atoms. The van der Waals surface area contributed by atoms with Gasteiger partial charge in [0.2, 0.25) is 0 Å². The Balaban J connectivity index is 2.34. The second-order valence-electron chi connectivity index (χ2n) is 5.73. The average Bonchev–Trinajstić information content (AvgIpc) is 2.53. The largest absolute Gasteiger partial charge is 0.496 e. The lowest BCUT2D eigenvalue weighted by molar-refractivity contribution is -0.150. The molecule has 1 amide bonds. The summed E-state index contributed by atoms with van der Waals surface area (Å²) in [5.74, 6) is -0.294. The van der Waals surface area contributed by atoms with Crippen LogP contribution in [0, 0.1) is 5.41 Å². The van der Waals surface area contributed by atoms with E-state index in [-0.39, 0.29) is 12.5 Å². The molecule has 120 valence electrons. The van der Waals surface area contributed by atoms with Crippen LogP contribution in [0.3, 0.4) is 0 Å². The van der Waals surface area contributed by atoms with E-state index in [1.54, 1.807) is 30.0 Å². The van der Waals surface area contributed by atoms with E-state index in [9.17, 15) is 14.7 Å². The number of carbonyl (C=O) groups is 2. The molecule has 1 aromatic rings. The first-order valence-corrected chi connectivity index (χ1v) is 7.16. The molecule has 1 aromatic carbocycles. The SMILES string of the molecule is COc1cccc(OC)c1C(=O)N1CCCC(C)(C(=O)O)C1. The number of piperidine rings is 1. The molecular formula is C16H21NO5. The Morgan fingerprint density at radius 3 is 2.32 bits per heavy atom. The molecule has 1 atom stereocenters. The first-order valence-electron chi connectivity index (χ1n) is 7.16. The lowest BCUT2D eigenvalue weighted by Crippen LogP contribution is -2.48. The maximum Gasteiger partial charge on any atom is 0.311 e. The minimum absolute atomic E-state index is 0.183. The van der Waals surface area contributed by atoms with Crippen molar-refractivity contribution in [3.8, 4) is 11.5 Å². The quantitative estimate of drug-likeness (QED) is 0.921. The summed E-state index contributed by atoms with van der Waals surface area (Å²) >= 11 is 0. The van der Waals surface area contributed by atoms with Crippen LogP contribution in [-0.4, -0.2) is 49.2 Å². The molecule has 1 fully saturated rings. The number of nitrogens with zero attached hydrogens (tertiary/aromatic N) is 1. The van der Waals surface area contributed by atoms with E-state index in [0.717, 1.165) is 0 Å². The number of benzene rings is 1. The first kappa shape index (κ1) is 16.1. The van der Waals surface area contributed by atoms with Crippen molar-refractivity contribution in [1.82, 2.24) is 4.90 Å². The summed E-state index contributed by atoms with van der Waals surface area (Å²) in [7, 11) is 2.98. The van der Waals surface area contributed by atoms with Gasteiger partial charge in [0.1, 0.15) is 17.1 Å². The number of hydrogen-bond acceptors (Lipinski definition) is 4. The second kappa shape index (κ2) is 6.25. The summed E-state index contributed by atoms with van der Waals surface area (Å²) in [4.78, 5) is 25.8. The van der Waals surface area contributed by atoms with Gasteiger partial charge in [0.25, 0.3) is 5.91 Å². The van der Waals surface area contributed by atoms with Gasteiger partial charge in [-0.2, -0.15) is 0 Å². The van der Waals surface area contributed by atoms with Gasteiger partial charge in [-0.25, -0.2) is 0 Å². The van der Waals surface area contributed by atoms with Crippen molar-refractivity contribution in [1.29, 1.82) is 0 Å². The van der Waals surface area contributed by atoms with Crippen LogP contribution < -0.4 is 9.47 Å². The summed E-state index contributed by atoms with van der Waals surface area (Å²) < 4.78 is 10.5. The van der Waals surface area contributed by atoms with Crippen LogP contribution in [0.4, 0.5) is 0 Å². The van der Waals surface area contributed by atoms with Gasteiger partial charge in [-0.05, 0) is 31.9 Å². The molecule has 1 unspecified atom stereocenters. The Morgan fingerprint density at radius 1 is 1.23 bits per heavy atom. The zero-order valence-corrected chi connectivity index (χ0v) is 13.1. The number of amides is 1. The number of carbonyl (C=O) groups excluding carboxylic acids is 1. The topological polar surface area (TPSA) is 76.1 Å². The lowest BCUT2D eigenvalue weighted by atomic mass is 9.82. The van der Waals surface area contributed by atoms with Crippen LogP contribution in [0.25, 0.3) is 0 Å². The van der Waals surface area contributed by atoms with Gasteiger partial charge in [0.15, 0.2) is 0 Å². The van der Waals surface area contributed by atoms with Crippen molar-refractivity contribution < 1.29 is 24.2 Å². The fourth-order valence-corrected chi connectivity index (χ4v) is 2.81. The van der Waals surface area contributed by atoms with E-state index in [4.69, 9.17) is 9.47 Å². The lowest BCUT2D eigenvalue weighted by Gasteiger charge is -2.37. The molecule has 6 nitrogen and oxygen atoms in total. The van der Waals surface area contributed by atoms with Crippen LogP contribution in [0.15, 0.2) is 18.2 Å². The zero-order valence-electron chi connectivity index (χ0n) is 13.1. The van der Waals surface area contributed by atoms with Crippen LogP contribution >= 0.6 is 0 Å². The normalized spacial score (nSPS) is 21.3. The molecule has 1 heterocycles. The molecule has 0 spiro atoms. The first-order chi connectivity index (χ1) is 10.4. The van der Waals surface area contributed by atoms with E-state index in [1.807, 2.05) is 0 Å². The maximum absolute atomic E-state index is 12.8. The minimum atomic E-state index is -0.914. The van der Waals surface area contributed by atoms with Gasteiger partial charge in [0, 0.05) is 13.1 Å². The summed E-state index contributed by atoms with van der Waals surface area (Å²) in [5.41, 5.74) is -0.578. The van der Waals surface area contributed by atoms with E-state index >= 15 is 0 Å². The van der Waals surface area contributed by atoms with Crippen LogP contribution in [0.2, 0.25) is 0 Å². The molecule has 1 N–H and O–H groups in total. The number of rotatable bonds is 4. The van der Waals surface area contributed by atoms with Gasteiger partial charge in [-0.1, -0.05) is 6.07 Å². The van der Waals surface area contributed by atoms with Gasteiger partial charge >= 0.3 is 5.97 Å². The van der Waals surface area contributed by atoms with E-state index < -0.39 is 11.4 Å². The van der Waals surface area contributed by atoms with Crippen LogP contribution in [0.5, 0.6) is 11.5 Å². The number of aliphatic carboxylic acids is 1. The Bertz CT molecular complexity index is 564. The number of carboxylic acids is 1. The highest BCUT2D eigenvalue weighted by atomic mass is 16.5. The molecule has 1 saturated heterocycles. The number of carboxylic acid groups (broad SMARTS) is 1. The molecule has 1 aliphatic rings. The predicted molar refractivity (Wildman–Crippen MR) is 80.4 cm³/mol. The second-order valence-corrected chi connectivity index (χ2v) is 5.73. The van der Waals surface area contributed by atoms with Crippen molar-refractivity contribution in [2.45, 2.75) is 19.8 Å². The fourth-order valence-electron chi connectivity index (χ4n) is 2.81. The Labute approximate surface area is 129 Å². The van der Waals surface area contributed by atoms with Crippen molar-refractivity contribution in [2.24, 2.45) is 5.41 Å². The van der Waals surface area contributed by atoms with Crippen molar-refractivity contribution in [3.05, 3.63) is 23.8 Å². The number of methoxy groups -OCH3 is 2. The Hall–Kier alpha value is -2.24. The van der Waals surface area contributed by atoms with Crippen molar-refractivity contribution >= 4 is 11.9 Å². The highest BCUT2D eigenvalue weighted by molar-refractivity contribution is 6.00. The standard InChI is InChI=1S/C16H21NO5/c1-16(15(19)20)8-5-9-17(10-16)14(18)13-11(21-2)6-4-7-12(13)22-3/h4,6-7H,5,8-10H2,1-3H3,(H,19,20). The van der Waals surface area contributed by atoms with Gasteiger partial charge < -0.3 is 19.5 Å². The zero-order chi connectivity index (χ0) is 16.3. The van der Waals surface area contributed by atoms with Gasteiger partial charge in [0.05, 0.1) is 19.6 Å². The molecular weight excluding hydrogens is 286 g/mol. The van der Waals surface area contributed by atoms with Crippen molar-refractivity contribution in [3.63, 3.8) is 0 Å². The van der Waals surface area contributed by atoms with E-state index in [0.29, 0.717) is 36.4 Å². The number of likely N-dealkylation sites (tertiary alicyclic amines) is 1. The third kappa shape index (κ3) is 2.86. The molecule has 1 aliphatic heterocycles. The molecule has 2 rings (SSSR count). The number of ether oxygens (including phenoxy) is 2. The van der Waals surface area contributed by atoms with E-state index in [2.05, 4.69) is 0 Å². The molecule has 0 aliphatic carbocycles. The monoisotopic (exact) mass is 307 g/mol. The molecule has 0 aromatic heterocycles. The summed E-state index contributed by atoms with van der Waals surface area (Å²) in [5, 5.41) is 9.38. The Kier molecular flexibility index (Phi) is 4.59. The minimum Gasteiger partial charge on any atom is -0.496 e. The molecule has 6 heteroatoms. The third-order valence-corrected chi connectivity index (χ3v) is 4.14. The summed E-state index contributed by atoms with van der Waals surface area (Å²) in [6, 6.07) is 5.12. The van der Waals surface area contributed by atoms with Crippen LogP contribution in [0.1, 0.15) is 30.1 Å². The van der Waals surface area contributed by atoms with E-state index in [1.165, 1.54) is 14.2 Å². The van der Waals surface area contributed by atoms with Gasteiger partial charge in [-0.3, -0.25) is 9.59 Å². The van der Waals surface area contributed by atoms with Gasteiger partial charge in [-0.15, -0.1) is 0 Å². The highest BCUT2D eigenvalue weighted by Gasteiger charge is 2.40. The van der Waals surface area contributed by atoms with Crippen LogP contribution in [-0.2, 0) is 4.79 Å². The van der Waals surface area contributed by atoms with Crippen molar-refractivity contribution in [2.75, 3.05) is 27.3 Å². The third-order valence-electron chi connectivity index (χ3n) is 4.14. The smallest absolute Gasteiger partial charge is 0.311 e. The highest BCUT2D eigenvalue weighted by Crippen LogP contribution is 2.34.